The molecule has 120 valence electrons. The first-order valence-electron chi connectivity index (χ1n) is 7.91. The zero-order valence-corrected chi connectivity index (χ0v) is 12.8. The van der Waals surface area contributed by atoms with E-state index in [2.05, 4.69) is 4.98 Å². The molecule has 1 saturated heterocycles. The average Bonchev–Trinajstić information content (AvgIpc) is 2.80. The number of likely N-dealkylation sites (tertiary alicyclic amines) is 1. The van der Waals surface area contributed by atoms with E-state index < -0.39 is 0 Å². The molecule has 1 aliphatic rings. The van der Waals surface area contributed by atoms with E-state index in [0.717, 1.165) is 31.2 Å². The molecule has 3 rings (SSSR count). The van der Waals surface area contributed by atoms with Crippen molar-refractivity contribution in [2.24, 2.45) is 0 Å². The van der Waals surface area contributed by atoms with Gasteiger partial charge >= 0.3 is 0 Å². The van der Waals surface area contributed by atoms with E-state index in [0.29, 0.717) is 6.54 Å². The van der Waals surface area contributed by atoms with Gasteiger partial charge < -0.3 is 9.88 Å². The van der Waals surface area contributed by atoms with Crippen molar-refractivity contribution in [2.45, 2.75) is 31.7 Å². The summed E-state index contributed by atoms with van der Waals surface area (Å²) in [6, 6.07) is 9.36. The van der Waals surface area contributed by atoms with E-state index >= 15 is 0 Å². The molecular weight excluding hydrogens is 295 g/mol. The topological polar surface area (TPSA) is 53.2 Å². The highest BCUT2D eigenvalue weighted by Gasteiger charge is 2.28. The fraction of sp³-hybridized carbons (Fsp3) is 0.333. The van der Waals surface area contributed by atoms with E-state index in [1.165, 1.54) is 24.4 Å². The molecule has 0 spiro atoms. The van der Waals surface area contributed by atoms with Crippen LogP contribution in [-0.2, 0) is 0 Å². The van der Waals surface area contributed by atoms with Crippen LogP contribution in [0.25, 0.3) is 0 Å². The van der Waals surface area contributed by atoms with Gasteiger partial charge in [0.05, 0.1) is 6.04 Å². The molecule has 5 heteroatoms. The fourth-order valence-electron chi connectivity index (χ4n) is 3.16. The summed E-state index contributed by atoms with van der Waals surface area (Å²) in [7, 11) is 0. The number of nitrogens with zero attached hydrogens (tertiary/aromatic N) is 1. The molecule has 1 atom stereocenters. The number of benzene rings is 1. The molecule has 1 aliphatic heterocycles. The van der Waals surface area contributed by atoms with Gasteiger partial charge in [0, 0.05) is 12.7 Å². The van der Waals surface area contributed by atoms with Crippen LogP contribution in [0, 0.1) is 5.82 Å². The normalized spacial score (nSPS) is 18.5. The van der Waals surface area contributed by atoms with E-state index in [9.17, 15) is 14.0 Å². The summed E-state index contributed by atoms with van der Waals surface area (Å²) in [5, 5.41) is 0. The molecular formula is C18H19FN2O2. The van der Waals surface area contributed by atoms with Gasteiger partial charge in [-0.05, 0) is 42.7 Å². The smallest absolute Gasteiger partial charge is 0.260 e. The summed E-state index contributed by atoms with van der Waals surface area (Å²) < 4.78 is 13.6. The number of hydrogen-bond donors (Lipinski definition) is 1. The van der Waals surface area contributed by atoms with E-state index in [1.54, 1.807) is 17.0 Å². The second-order valence-corrected chi connectivity index (χ2v) is 5.83. The van der Waals surface area contributed by atoms with Crippen LogP contribution in [0.5, 0.6) is 0 Å². The second kappa shape index (κ2) is 6.77. The Balaban J connectivity index is 1.98. The maximum atomic E-state index is 13.6. The van der Waals surface area contributed by atoms with Gasteiger partial charge in [-0.1, -0.05) is 25.0 Å². The molecule has 0 unspecified atom stereocenters. The van der Waals surface area contributed by atoms with E-state index in [-0.39, 0.29) is 28.9 Å². The quantitative estimate of drug-likeness (QED) is 0.925. The van der Waals surface area contributed by atoms with Crippen LogP contribution in [0.1, 0.15) is 47.6 Å². The molecule has 0 radical (unpaired) electrons. The standard InChI is InChI=1S/C18H19FN2O2/c19-14-7-4-6-13(12-14)16-9-2-1-3-11-21(16)18(23)15-8-5-10-20-17(15)22/h4-8,10,12,16H,1-3,9,11H2,(H,20,22)/t16-/m0/s1. The van der Waals surface area contributed by atoms with E-state index in [4.69, 9.17) is 0 Å². The van der Waals surface area contributed by atoms with Crippen molar-refractivity contribution in [1.29, 1.82) is 0 Å². The Hall–Kier alpha value is -2.43. The number of carbonyl (C=O) groups is 1. The van der Waals surface area contributed by atoms with Gasteiger partial charge in [-0.25, -0.2) is 4.39 Å². The molecule has 0 aliphatic carbocycles. The summed E-state index contributed by atoms with van der Waals surface area (Å²) in [6.07, 6.45) is 5.19. The molecule has 23 heavy (non-hydrogen) atoms. The number of hydrogen-bond acceptors (Lipinski definition) is 2. The first kappa shape index (κ1) is 15.5. The van der Waals surface area contributed by atoms with Crippen LogP contribution < -0.4 is 5.56 Å². The second-order valence-electron chi connectivity index (χ2n) is 5.83. The van der Waals surface area contributed by atoms with Crippen molar-refractivity contribution in [3.8, 4) is 0 Å². The average molecular weight is 314 g/mol. The third kappa shape index (κ3) is 3.33. The number of halogens is 1. The lowest BCUT2D eigenvalue weighted by Crippen LogP contribution is -2.37. The third-order valence-corrected chi connectivity index (χ3v) is 4.30. The van der Waals surface area contributed by atoms with Crippen LogP contribution in [0.2, 0.25) is 0 Å². The van der Waals surface area contributed by atoms with Gasteiger partial charge in [-0.2, -0.15) is 0 Å². The number of nitrogens with one attached hydrogen (secondary N) is 1. The Morgan fingerprint density at radius 3 is 2.83 bits per heavy atom. The summed E-state index contributed by atoms with van der Waals surface area (Å²) >= 11 is 0. The predicted molar refractivity (Wildman–Crippen MR) is 85.7 cm³/mol. The van der Waals surface area contributed by atoms with Gasteiger partial charge in [-0.3, -0.25) is 9.59 Å². The Bertz CT molecular complexity index is 756. The Kier molecular flexibility index (Phi) is 4.55. The van der Waals surface area contributed by atoms with Gasteiger partial charge in [0.25, 0.3) is 11.5 Å². The van der Waals surface area contributed by atoms with Crippen LogP contribution in [0.4, 0.5) is 4.39 Å². The molecule has 1 N–H and O–H groups in total. The highest BCUT2D eigenvalue weighted by molar-refractivity contribution is 5.94. The molecule has 2 aromatic rings. The van der Waals surface area contributed by atoms with Crippen LogP contribution in [0.3, 0.4) is 0 Å². The number of H-pyrrole nitrogens is 1. The highest BCUT2D eigenvalue weighted by atomic mass is 19.1. The van der Waals surface area contributed by atoms with Gasteiger partial charge in [0.2, 0.25) is 0 Å². The zero-order valence-electron chi connectivity index (χ0n) is 12.8. The predicted octanol–water partition coefficient (Wildman–Crippen LogP) is 3.27. The van der Waals surface area contributed by atoms with Crippen LogP contribution in [-0.4, -0.2) is 22.3 Å². The van der Waals surface area contributed by atoms with Crippen molar-refractivity contribution in [3.05, 3.63) is 69.9 Å². The van der Waals surface area contributed by atoms with Crippen molar-refractivity contribution in [2.75, 3.05) is 6.54 Å². The fourth-order valence-corrected chi connectivity index (χ4v) is 3.16. The molecule has 2 heterocycles. The minimum Gasteiger partial charge on any atom is -0.331 e. The van der Waals surface area contributed by atoms with Crippen molar-refractivity contribution in [3.63, 3.8) is 0 Å². The summed E-state index contributed by atoms with van der Waals surface area (Å²) in [6.45, 7) is 0.578. The van der Waals surface area contributed by atoms with Gasteiger partial charge in [0.15, 0.2) is 0 Å². The largest absolute Gasteiger partial charge is 0.331 e. The minimum atomic E-state index is -0.389. The lowest BCUT2D eigenvalue weighted by atomic mass is 10.00. The number of amides is 1. The molecule has 1 fully saturated rings. The molecule has 0 bridgehead atoms. The maximum Gasteiger partial charge on any atom is 0.260 e. The minimum absolute atomic E-state index is 0.135. The molecule has 1 aromatic heterocycles. The molecule has 1 aromatic carbocycles. The van der Waals surface area contributed by atoms with Gasteiger partial charge in [-0.15, -0.1) is 0 Å². The van der Waals surface area contributed by atoms with Crippen molar-refractivity contribution in [1.82, 2.24) is 9.88 Å². The number of rotatable bonds is 2. The number of carbonyl (C=O) groups excluding carboxylic acids is 1. The summed E-state index contributed by atoms with van der Waals surface area (Å²) in [5.41, 5.74) is 0.531. The van der Waals surface area contributed by atoms with Crippen molar-refractivity contribution >= 4 is 5.91 Å². The Morgan fingerprint density at radius 1 is 1.17 bits per heavy atom. The zero-order chi connectivity index (χ0) is 16.2. The van der Waals surface area contributed by atoms with Crippen molar-refractivity contribution < 1.29 is 9.18 Å². The van der Waals surface area contributed by atoms with Crippen LogP contribution >= 0.6 is 0 Å². The number of aromatic nitrogens is 1. The SMILES string of the molecule is O=C(c1ccc[nH]c1=O)N1CCCCC[C@H]1c1cccc(F)c1. The Morgan fingerprint density at radius 2 is 2.04 bits per heavy atom. The van der Waals surface area contributed by atoms with E-state index in [1.807, 2.05) is 6.07 Å². The first-order valence-corrected chi connectivity index (χ1v) is 7.91. The molecule has 1 amide bonds. The lowest BCUT2D eigenvalue weighted by Gasteiger charge is -2.30. The monoisotopic (exact) mass is 314 g/mol. The Labute approximate surface area is 134 Å². The number of aromatic amines is 1. The highest BCUT2D eigenvalue weighted by Crippen LogP contribution is 2.31. The molecule has 4 nitrogen and oxygen atoms in total. The van der Waals surface area contributed by atoms with Crippen LogP contribution in [0.15, 0.2) is 47.4 Å². The third-order valence-electron chi connectivity index (χ3n) is 4.30. The lowest BCUT2D eigenvalue weighted by molar-refractivity contribution is 0.0678. The summed E-state index contributed by atoms with van der Waals surface area (Å²) in [4.78, 5) is 29.0. The summed E-state index contributed by atoms with van der Waals surface area (Å²) in [5.74, 6) is -0.597. The molecule has 0 saturated carbocycles. The maximum absolute atomic E-state index is 13.6. The number of pyridine rings is 1. The van der Waals surface area contributed by atoms with Gasteiger partial charge in [0.1, 0.15) is 11.4 Å². The first-order chi connectivity index (χ1) is 11.2.